The molecule has 4 aromatic carbocycles. The zero-order valence-corrected chi connectivity index (χ0v) is 30.4. The first-order chi connectivity index (χ1) is 28.0. The van der Waals surface area contributed by atoms with Crippen molar-refractivity contribution in [1.29, 1.82) is 0 Å². The fourth-order valence-electron chi connectivity index (χ4n) is 5.94. The second kappa shape index (κ2) is 16.8. The molecule has 0 spiro atoms. The molecule has 0 saturated heterocycles. The van der Waals surface area contributed by atoms with Crippen molar-refractivity contribution in [2.75, 3.05) is 0 Å². The summed E-state index contributed by atoms with van der Waals surface area (Å²) in [6, 6.07) is 7.78. The Morgan fingerprint density at radius 1 is 0.317 bits per heavy atom. The molecule has 6 rings (SSSR count). The fraction of sp³-hybridized carbons (Fsp3) is 0. The van der Waals surface area contributed by atoms with Crippen molar-refractivity contribution in [1.82, 2.24) is 0 Å². The molecule has 0 fully saturated rings. The molecule has 0 saturated carbocycles. The van der Waals surface area contributed by atoms with Gasteiger partial charge in [0.2, 0.25) is 0 Å². The maximum absolute atomic E-state index is 15.4. The highest BCUT2D eigenvalue weighted by atomic mass is 127. The molecule has 0 aliphatic rings. The van der Waals surface area contributed by atoms with Crippen LogP contribution in [0.4, 0.5) is 87.8 Å². The normalized spacial score (nSPS) is 11.5. The van der Waals surface area contributed by atoms with Gasteiger partial charge in [-0.15, -0.1) is 21.9 Å². The van der Waals surface area contributed by atoms with Gasteiger partial charge in [0.15, 0.2) is 69.8 Å². The lowest BCUT2D eigenvalue weighted by Gasteiger charge is -2.44. The minimum Gasteiger partial charge on any atom is -0.419 e. The Morgan fingerprint density at radius 3 is 0.667 bits per heavy atom. The third kappa shape index (κ3) is 7.00. The Hall–Kier alpha value is -5.69. The molecule has 0 radical (unpaired) electrons. The van der Waals surface area contributed by atoms with E-state index in [9.17, 15) is 52.7 Å². The maximum Gasteiger partial charge on any atom is 0.443 e. The van der Waals surface area contributed by atoms with Crippen molar-refractivity contribution in [2.45, 2.75) is 0 Å². The van der Waals surface area contributed by atoms with E-state index in [4.69, 9.17) is 8.83 Å². The van der Waals surface area contributed by atoms with Gasteiger partial charge in [0.25, 0.3) is 0 Å². The van der Waals surface area contributed by atoms with Gasteiger partial charge in [-0.2, -0.15) is 0 Å². The Bertz CT molecular complexity index is 2320. The van der Waals surface area contributed by atoms with E-state index in [1.54, 1.807) is 12.2 Å². The summed E-state index contributed by atoms with van der Waals surface area (Å²) in [6.07, 6.45) is -3.82. The largest absolute Gasteiger partial charge is 0.443 e. The van der Waals surface area contributed by atoms with Crippen LogP contribution in [0.5, 0.6) is 0 Å². The molecule has 0 atom stereocenters. The molecule has 24 heteroatoms. The van der Waals surface area contributed by atoms with Crippen molar-refractivity contribution < 1.29 is 118 Å². The van der Waals surface area contributed by atoms with Gasteiger partial charge in [-0.25, -0.2) is 87.8 Å². The summed E-state index contributed by atoms with van der Waals surface area (Å²) in [5.41, 5.74) is -14.3. The molecule has 6 aromatic rings. The molecule has 60 heavy (non-hydrogen) atoms. The average Bonchev–Trinajstić information content (AvgIpc) is 3.90. The van der Waals surface area contributed by atoms with E-state index >= 15 is 35.1 Å². The topological polar surface area (TPSA) is 26.3 Å². The average molecular weight is 992 g/mol. The monoisotopic (exact) mass is 992 g/mol. The highest BCUT2D eigenvalue weighted by Crippen LogP contribution is 2.30. The summed E-state index contributed by atoms with van der Waals surface area (Å²) in [7, 11) is 0. The minimum absolute atomic E-state index is 0.371. The van der Waals surface area contributed by atoms with Gasteiger partial charge in [-0.05, 0) is 24.3 Å². The summed E-state index contributed by atoms with van der Waals surface area (Å²) in [4.78, 5) is 0. The minimum atomic E-state index is -7.22. The van der Waals surface area contributed by atoms with E-state index in [1.165, 1.54) is 0 Å². The Morgan fingerprint density at radius 2 is 0.500 bits per heavy atom. The Labute approximate surface area is 330 Å². The van der Waals surface area contributed by atoms with Crippen LogP contribution in [0.25, 0.3) is 12.2 Å². The molecule has 2 heterocycles. The van der Waals surface area contributed by atoms with E-state index < -0.39 is 144 Å². The van der Waals surface area contributed by atoms with Gasteiger partial charge < -0.3 is 8.83 Å². The zero-order chi connectivity index (χ0) is 45.0. The predicted molar refractivity (Wildman–Crippen MR) is 164 cm³/mol. The number of hydrogen-bond acceptors (Lipinski definition) is 2. The lowest BCUT2D eigenvalue weighted by Crippen LogP contribution is -3.61. The van der Waals surface area contributed by atoms with Crippen LogP contribution in [0.2, 0.25) is 0 Å². The van der Waals surface area contributed by atoms with Crippen LogP contribution in [0.1, 0.15) is 11.5 Å². The summed E-state index contributed by atoms with van der Waals surface area (Å²) >= 11 is -0.371. The second-order valence-corrected chi connectivity index (χ2v) is 14.3. The van der Waals surface area contributed by atoms with E-state index in [2.05, 4.69) is 13.2 Å². The summed E-state index contributed by atoms with van der Waals surface area (Å²) in [6.45, 7) is 7.30. The van der Waals surface area contributed by atoms with Crippen LogP contribution >= 0.6 is 0 Å². The number of rotatable bonds is 8. The molecule has 0 aliphatic heterocycles. The Balaban J connectivity index is 0.000000379. The SMILES string of the molecule is C=Cc1ccc([I+]c2ccc(C=C)o2)o1.Fc1c(F)c(F)c([B-](c2c(F)c(F)c(F)c(F)c2F)(c2c(F)c(F)c(F)c(F)c2F)c2c(F)c(F)c(F)c(F)c2F)c(F)c1F. The first-order valence-corrected chi connectivity index (χ1v) is 17.5. The summed E-state index contributed by atoms with van der Waals surface area (Å²) in [5, 5.41) is 0. The van der Waals surface area contributed by atoms with Gasteiger partial charge in [0.1, 0.15) is 64.2 Å². The molecule has 0 N–H and O–H groups in total. The van der Waals surface area contributed by atoms with Gasteiger partial charge in [-0.1, -0.05) is 13.2 Å². The highest BCUT2D eigenvalue weighted by molar-refractivity contribution is 7.20. The Kier molecular flexibility index (Phi) is 12.7. The van der Waals surface area contributed by atoms with Crippen LogP contribution < -0.4 is 43.1 Å². The van der Waals surface area contributed by atoms with E-state index in [0.29, 0.717) is 0 Å². The maximum atomic E-state index is 15.4. The molecule has 2 nitrogen and oxygen atoms in total. The van der Waals surface area contributed by atoms with Gasteiger partial charge in [0.05, 0.1) is 0 Å². The first-order valence-electron chi connectivity index (χ1n) is 15.3. The van der Waals surface area contributed by atoms with E-state index in [0.717, 1.165) is 19.1 Å². The molecular formula is C36H10BF20IO2. The standard InChI is InChI=1S/C24BF20.C12H10IO2/c26-5-1(6(27)14(35)21(42)13(5)34)25(2-7(28)15(36)22(43)16(37)8(2)29,3-9(30)17(38)23(44)18(39)10(3)31)4-11(32)19(40)24(45)20(41)12(4)33;1-3-9-5-7-11(14-9)13-12-8-6-10(4-2)15-12/h;3-8H,1-2H2/q-1;+1. The van der Waals surface area contributed by atoms with Gasteiger partial charge >= 0.3 is 28.7 Å². The molecule has 0 aliphatic carbocycles. The van der Waals surface area contributed by atoms with Crippen molar-refractivity contribution >= 4 is 40.1 Å². The van der Waals surface area contributed by atoms with Crippen LogP contribution in [-0.4, -0.2) is 6.15 Å². The van der Waals surface area contributed by atoms with E-state index in [-0.39, 0.29) is 21.2 Å². The van der Waals surface area contributed by atoms with Crippen molar-refractivity contribution in [3.63, 3.8) is 0 Å². The smallest absolute Gasteiger partial charge is 0.419 e. The van der Waals surface area contributed by atoms with E-state index in [1.807, 2.05) is 24.3 Å². The fourth-order valence-corrected chi connectivity index (χ4v) is 7.92. The lowest BCUT2D eigenvalue weighted by atomic mass is 9.12. The quantitative estimate of drug-likeness (QED) is 0.0604. The van der Waals surface area contributed by atoms with Crippen molar-refractivity contribution in [3.05, 3.63) is 173 Å². The summed E-state index contributed by atoms with van der Waals surface area (Å²) in [5.74, 6) is -69.8. The van der Waals surface area contributed by atoms with Crippen LogP contribution in [-0.2, 0) is 0 Å². The van der Waals surface area contributed by atoms with Crippen LogP contribution in [0.15, 0.2) is 46.3 Å². The second-order valence-electron chi connectivity index (χ2n) is 11.6. The predicted octanol–water partition coefficient (Wildman–Crippen LogP) is 6.13. The van der Waals surface area contributed by atoms with Crippen molar-refractivity contribution in [2.24, 2.45) is 0 Å². The molecule has 316 valence electrons. The molecule has 0 unspecified atom stereocenters. The molecule has 2 aromatic heterocycles. The number of halogens is 21. The van der Waals surface area contributed by atoms with Gasteiger partial charge in [0, 0.05) is 12.1 Å². The third-order valence-electron chi connectivity index (χ3n) is 8.48. The first kappa shape index (κ1) is 45.4. The van der Waals surface area contributed by atoms with Gasteiger partial charge in [-0.3, -0.25) is 0 Å². The van der Waals surface area contributed by atoms with Crippen molar-refractivity contribution in [3.8, 4) is 0 Å². The van der Waals surface area contributed by atoms with Crippen LogP contribution in [0.3, 0.4) is 0 Å². The molecule has 0 bridgehead atoms. The number of hydrogen-bond donors (Lipinski definition) is 0. The lowest BCUT2D eigenvalue weighted by molar-refractivity contribution is -0.636. The van der Waals surface area contributed by atoms with Crippen LogP contribution in [0, 0.1) is 124 Å². The zero-order valence-electron chi connectivity index (χ0n) is 28.2. The highest BCUT2D eigenvalue weighted by Gasteiger charge is 2.52. The third-order valence-corrected chi connectivity index (χ3v) is 10.7. The molecular weight excluding hydrogens is 982 g/mol. The molecule has 0 amide bonds. The number of benzene rings is 4. The summed E-state index contributed by atoms with van der Waals surface area (Å²) < 4.78 is 307. The number of furan rings is 2.